The van der Waals surface area contributed by atoms with Crippen LogP contribution >= 0.6 is 56.7 Å². The van der Waals surface area contributed by atoms with Gasteiger partial charge in [-0.25, -0.2) is 4.79 Å². The number of alkyl carbamates (subject to hydrolysis) is 1. The normalized spacial score (nSPS) is 20.7. The molecule has 7 unspecified atom stereocenters. The first-order chi connectivity index (χ1) is 62.7. The molecule has 9 heterocycles. The topological polar surface area (TPSA) is 477 Å². The van der Waals surface area contributed by atoms with Crippen molar-refractivity contribution in [3.63, 3.8) is 0 Å². The number of aromatic hydroxyl groups is 1. The molecule has 3 fully saturated rings. The van der Waals surface area contributed by atoms with Gasteiger partial charge in [-0.1, -0.05) is 86.6 Å². The summed E-state index contributed by atoms with van der Waals surface area (Å²) in [6.07, 6.45) is 0.299. The Morgan fingerprint density at radius 2 is 0.854 bits per heavy atom. The Morgan fingerprint density at radius 1 is 0.518 bits per heavy atom. The number of aldehydes is 3. The quantitative estimate of drug-likeness (QED) is 0.0169. The number of carbonyl (C=O) groups excluding carboxylic acids is 4. The van der Waals surface area contributed by atoms with Crippen molar-refractivity contribution in [2.45, 2.75) is 219 Å². The molecule has 15 rings (SSSR count). The first-order valence-electron chi connectivity index (χ1n) is 43.6. The van der Waals surface area contributed by atoms with Crippen molar-refractivity contribution in [1.29, 1.82) is 0 Å². The van der Waals surface area contributed by atoms with Crippen molar-refractivity contribution in [2.24, 2.45) is 5.73 Å². The van der Waals surface area contributed by atoms with Crippen LogP contribution in [-0.4, -0.2) is 269 Å². The van der Waals surface area contributed by atoms with Crippen molar-refractivity contribution < 1.29 is 178 Å². The molecule has 0 bridgehead atoms. The zero-order chi connectivity index (χ0) is 98.3. The minimum Gasteiger partial charge on any atom is -0.870 e. The summed E-state index contributed by atoms with van der Waals surface area (Å²) < 4.78 is 121. The van der Waals surface area contributed by atoms with Gasteiger partial charge in [0.15, 0.2) is 19.6 Å². The van der Waals surface area contributed by atoms with Gasteiger partial charge in [0.25, 0.3) is 0 Å². The van der Waals surface area contributed by atoms with Crippen LogP contribution in [0.4, 0.5) is 4.79 Å². The number of methoxy groups -OCH3 is 3. The monoisotopic (exact) mass is 2100 g/mol. The standard InChI is InChI=1S/C17H24BNO6.C17H25BO5.C12H24B2O4.C12H14BNO6.C12H16BNO4.C11H13BrO3.C7H5BrO2.CH3NO2.2ClH.Na.H2O/c1-17(2,3)23-16(20)19-8-14-12-6-5-7-13-15(12)18(25-14)24-11(9-21-4)10-22-13;1-6-13(20)11-21-14-9-7-8-12(10-19)15(14)18-22-16(2,3)17(4,5)23-18;1-9(2)10(3,4)16-13(15-9)14-17-11(5,6)12(7,8)18-14;1-17-6-8-7-18-10-4-2-3-9-11(5-14(15)16)20-13(19-8)12(9)10;1-15-6-8-7-16-10-4-2-3-9-11(5-14)18-13(17-8)12(9)10;1-2-9(14)7-15-10-5-3-4-8(6-13)11(10)12;8-7-5(4-9)2-1-3-6(7)10;1-2(3)4;;;;/h5-7,11,14H,8-10H2,1-4H3,(H,19,20);7-10,13,20H,6,11H2,1-5H3;1-8H3;2-4,8,11H,5-7H2,1H3;2-4,8,11H,5-7,14H2,1H3;3-6,9,14H,2,7H2,1H3;1-4,10H;1H3;2*1H;;1H2/q;;;;;;;;;;+1;/p-1/t;;;8-,11?;;;;;;;;/m...1......../s1. The molecule has 37 nitrogen and oxygen atoms in total. The van der Waals surface area contributed by atoms with E-state index in [1.54, 1.807) is 69.9 Å². The molecule has 48 heteroatoms. The van der Waals surface area contributed by atoms with Crippen molar-refractivity contribution in [1.82, 2.24) is 5.32 Å². The zero-order valence-corrected chi connectivity index (χ0v) is 88.4. The summed E-state index contributed by atoms with van der Waals surface area (Å²) in [4.78, 5) is 62.9. The van der Waals surface area contributed by atoms with Gasteiger partial charge in [-0.05, 0) is 202 Å². The van der Waals surface area contributed by atoms with Gasteiger partial charge in [0.05, 0.1) is 86.8 Å². The third-order valence-electron chi connectivity index (χ3n) is 23.1. The third kappa shape index (κ3) is 33.5. The van der Waals surface area contributed by atoms with Gasteiger partial charge in [0, 0.05) is 82.8 Å². The maximum atomic E-state index is 11.9. The van der Waals surface area contributed by atoms with E-state index in [9.17, 15) is 39.5 Å². The van der Waals surface area contributed by atoms with E-state index in [1.165, 1.54) is 6.07 Å². The number of aliphatic hydroxyl groups excluding tert-OH is 2. The fraction of sp³-hybridized carbons (Fsp3) is 0.551. The van der Waals surface area contributed by atoms with Crippen molar-refractivity contribution in [3.8, 4) is 34.5 Å². The smallest absolute Gasteiger partial charge is 0.870 e. The van der Waals surface area contributed by atoms with Crippen LogP contribution in [0, 0.1) is 20.2 Å². The summed E-state index contributed by atoms with van der Waals surface area (Å²) in [5, 5.41) is 50.3. The van der Waals surface area contributed by atoms with Gasteiger partial charge >= 0.3 is 78.1 Å². The van der Waals surface area contributed by atoms with E-state index in [1.807, 2.05) is 172 Å². The first-order valence-corrected chi connectivity index (χ1v) is 45.2. The molecule has 1 amide bonds. The van der Waals surface area contributed by atoms with E-state index in [2.05, 4.69) is 37.2 Å². The number of amides is 1. The van der Waals surface area contributed by atoms with Crippen LogP contribution in [-0.2, 0) is 74.8 Å². The second-order valence-electron chi connectivity index (χ2n) is 35.8. The predicted molar refractivity (Wildman–Crippen MR) is 522 cm³/mol. The van der Waals surface area contributed by atoms with Crippen molar-refractivity contribution >= 4 is 146 Å². The number of nitrogens with one attached hydrogen (secondary N) is 1. The Hall–Kier alpha value is -6.63. The summed E-state index contributed by atoms with van der Waals surface area (Å²) in [6.45, 7) is 36.6. The third-order valence-corrected chi connectivity index (χ3v) is 24.8. The number of nitrogens with zero attached hydrogens (tertiary/aromatic N) is 2. The molecule has 0 spiro atoms. The average molecular weight is 2100 g/mol. The molecule has 8 atom stereocenters. The number of nitro groups is 2. The van der Waals surface area contributed by atoms with Gasteiger partial charge in [-0.3, -0.25) is 34.6 Å². The van der Waals surface area contributed by atoms with Crippen LogP contribution < -0.4 is 86.1 Å². The zero-order valence-electron chi connectivity index (χ0n) is 81.6. The molecule has 6 aromatic carbocycles. The molecular weight excluding hydrogens is 1970 g/mol. The Kier molecular flexibility index (Phi) is 49.5. The molecule has 9 aliphatic heterocycles. The summed E-state index contributed by atoms with van der Waals surface area (Å²) in [5.41, 5.74) is 10.2. The number of phenolic OH excluding ortho intramolecular Hbond substituents is 1. The van der Waals surface area contributed by atoms with Crippen LogP contribution in [0.25, 0.3) is 0 Å². The van der Waals surface area contributed by atoms with Gasteiger partial charge in [0.1, 0.15) is 104 Å². The number of hydrogen-bond donors (Lipinski definition) is 5. The summed E-state index contributed by atoms with van der Waals surface area (Å²) >= 11 is 6.33. The minimum absolute atomic E-state index is 0. The number of benzene rings is 6. The fourth-order valence-corrected chi connectivity index (χ4v) is 14.7. The number of halogens is 4. The number of hydrogen-bond acceptors (Lipinski definition) is 34. The van der Waals surface area contributed by atoms with Gasteiger partial charge in [-0.15, -0.1) is 24.8 Å². The van der Waals surface area contributed by atoms with E-state index < -0.39 is 88.6 Å². The summed E-state index contributed by atoms with van der Waals surface area (Å²) in [7, 11) is 2.54. The minimum atomic E-state index is -0.685. The van der Waals surface area contributed by atoms with E-state index in [-0.39, 0.29) is 143 Å². The van der Waals surface area contributed by atoms with Crippen LogP contribution in [0.2, 0.25) is 0 Å². The van der Waals surface area contributed by atoms with Crippen LogP contribution in [0.3, 0.4) is 0 Å². The summed E-state index contributed by atoms with van der Waals surface area (Å²) in [5.74, 6) is 3.40. The first kappa shape index (κ1) is 123. The molecule has 7 N–H and O–H groups in total. The number of phenols is 1. The molecule has 137 heavy (non-hydrogen) atoms. The fourth-order valence-electron chi connectivity index (χ4n) is 13.9. The number of nitrogens with two attached hydrogens (primary N) is 1. The number of rotatable bonds is 24. The molecule has 0 saturated carbocycles. The van der Waals surface area contributed by atoms with Gasteiger partial charge in [-0.2, -0.15) is 0 Å². The van der Waals surface area contributed by atoms with Crippen LogP contribution in [0.5, 0.6) is 34.5 Å². The number of carbonyl (C=O) groups is 4. The summed E-state index contributed by atoms with van der Waals surface area (Å²) in [6, 6.07) is 32.3. The molecular formula is C89H127B6Br2Cl2N4NaO33. The van der Waals surface area contributed by atoms with E-state index in [0.717, 1.165) is 64.2 Å². The maximum Gasteiger partial charge on any atom is 1.00 e. The second-order valence-corrected chi connectivity index (χ2v) is 37.4. The Bertz CT molecular complexity index is 4790. The Morgan fingerprint density at radius 3 is 1.22 bits per heavy atom. The average Bonchev–Trinajstić information content (AvgIpc) is 1.59. The number of aliphatic hydroxyl groups is 2. The second kappa shape index (κ2) is 55.3. The van der Waals surface area contributed by atoms with E-state index in [4.69, 9.17) is 119 Å². The molecule has 9 aliphatic rings. The predicted octanol–water partition coefficient (Wildman–Crippen LogP) is 7.53. The Balaban J connectivity index is 0.000000334. The molecule has 6 aromatic rings. The molecule has 748 valence electrons. The van der Waals surface area contributed by atoms with E-state index in [0.29, 0.717) is 120 Å². The Labute approximate surface area is 854 Å². The molecule has 0 radical (unpaired) electrons. The van der Waals surface area contributed by atoms with Crippen LogP contribution in [0.1, 0.15) is 197 Å². The van der Waals surface area contributed by atoms with Gasteiger partial charge < -0.3 is 130 Å². The largest absolute Gasteiger partial charge is 1.00 e. The number of ether oxygens (including phenoxy) is 9. The molecule has 0 aliphatic carbocycles. The van der Waals surface area contributed by atoms with E-state index >= 15 is 0 Å². The molecule has 3 saturated heterocycles. The molecule has 0 aromatic heterocycles. The van der Waals surface area contributed by atoms with Crippen molar-refractivity contribution in [2.75, 3.05) is 101 Å². The van der Waals surface area contributed by atoms with Gasteiger partial charge in [0.2, 0.25) is 6.54 Å². The SMILES string of the molecule is CC1(C)OB(B2OC(C)(C)C(C)(C)O2)OC1(C)C.CCC(O)COc1cccc(C=O)c1B1OC(C)(C)C(C)(C)O1.CCC(O)COc1cccc(C=O)c1Br.COCC1COc2cccc3c2B(O1)OC3CN.COCC1COc2cccc3c2B(O1)OC3CNC(=O)OC(C)(C)C.COC[C@@H]1COc2cccc3c2B(OC3C[N+](=O)[O-])O1.C[N+](=O)[O-].Cl.Cl.O=Cc1cccc(O)c1Br.[Na+].[OH-]. The van der Waals surface area contributed by atoms with Crippen molar-refractivity contribution in [3.05, 3.63) is 172 Å². The maximum absolute atomic E-state index is 11.9. The van der Waals surface area contributed by atoms with Crippen LogP contribution in [0.15, 0.2) is 118 Å².